The van der Waals surface area contributed by atoms with Crippen LogP contribution in [-0.2, 0) is 0 Å². The van der Waals surface area contributed by atoms with Gasteiger partial charge in [-0.3, -0.25) is 0 Å². The Bertz CT molecular complexity index is 451. The van der Waals surface area contributed by atoms with Crippen molar-refractivity contribution in [1.29, 1.82) is 0 Å². The van der Waals surface area contributed by atoms with Gasteiger partial charge in [-0.05, 0) is 35.4 Å². The van der Waals surface area contributed by atoms with E-state index in [1.807, 2.05) is 23.8 Å². The fourth-order valence-electron chi connectivity index (χ4n) is 1.53. The highest BCUT2D eigenvalue weighted by Gasteiger charge is 2.13. The first-order chi connectivity index (χ1) is 7.18. The Hall–Kier alpha value is -1.19. The Kier molecular flexibility index (Phi) is 2.84. The van der Waals surface area contributed by atoms with Gasteiger partial charge in [0.15, 0.2) is 0 Å². The average molecular weight is 221 g/mol. The SMILES string of the molecule is Cc1ccc(F)c(C(N)c2ccsc2)c1. The molecule has 0 aliphatic rings. The molecule has 2 aromatic rings. The van der Waals surface area contributed by atoms with E-state index >= 15 is 0 Å². The molecule has 2 N–H and O–H groups in total. The van der Waals surface area contributed by atoms with Crippen molar-refractivity contribution in [3.63, 3.8) is 0 Å². The Labute approximate surface area is 92.4 Å². The Morgan fingerprint density at radius 3 is 2.80 bits per heavy atom. The number of hydrogen-bond donors (Lipinski definition) is 1. The summed E-state index contributed by atoms with van der Waals surface area (Å²) in [6.45, 7) is 1.93. The first kappa shape index (κ1) is 10.3. The van der Waals surface area contributed by atoms with Crippen LogP contribution >= 0.6 is 11.3 Å². The van der Waals surface area contributed by atoms with Crippen molar-refractivity contribution in [2.75, 3.05) is 0 Å². The lowest BCUT2D eigenvalue weighted by atomic mass is 10.00. The summed E-state index contributed by atoms with van der Waals surface area (Å²) in [5.41, 5.74) is 8.55. The number of halogens is 1. The van der Waals surface area contributed by atoms with Crippen molar-refractivity contribution < 1.29 is 4.39 Å². The molecular formula is C12H12FNS. The zero-order valence-electron chi connectivity index (χ0n) is 8.41. The predicted octanol–water partition coefficient (Wildman–Crippen LogP) is 3.24. The third kappa shape index (κ3) is 2.08. The molecule has 1 atom stereocenters. The lowest BCUT2D eigenvalue weighted by Crippen LogP contribution is -2.12. The fourth-order valence-corrected chi connectivity index (χ4v) is 2.23. The molecule has 1 aromatic carbocycles. The van der Waals surface area contributed by atoms with E-state index in [1.54, 1.807) is 23.5 Å². The largest absolute Gasteiger partial charge is 0.320 e. The first-order valence-electron chi connectivity index (χ1n) is 4.72. The van der Waals surface area contributed by atoms with Crippen molar-refractivity contribution in [2.24, 2.45) is 5.73 Å². The van der Waals surface area contributed by atoms with Gasteiger partial charge in [0.05, 0.1) is 6.04 Å². The van der Waals surface area contributed by atoms with Crippen LogP contribution in [0.2, 0.25) is 0 Å². The quantitative estimate of drug-likeness (QED) is 0.827. The van der Waals surface area contributed by atoms with Gasteiger partial charge in [-0.25, -0.2) is 4.39 Å². The highest BCUT2D eigenvalue weighted by Crippen LogP contribution is 2.24. The van der Waals surface area contributed by atoms with Crippen molar-refractivity contribution in [3.05, 3.63) is 57.5 Å². The van der Waals surface area contributed by atoms with Crippen LogP contribution in [0.15, 0.2) is 35.0 Å². The van der Waals surface area contributed by atoms with Crippen molar-refractivity contribution >= 4 is 11.3 Å². The van der Waals surface area contributed by atoms with E-state index in [1.165, 1.54) is 6.07 Å². The molecule has 0 bridgehead atoms. The van der Waals surface area contributed by atoms with Gasteiger partial charge in [0, 0.05) is 5.56 Å². The van der Waals surface area contributed by atoms with E-state index in [4.69, 9.17) is 5.73 Å². The summed E-state index contributed by atoms with van der Waals surface area (Å²) in [6.07, 6.45) is 0. The summed E-state index contributed by atoms with van der Waals surface area (Å²) in [4.78, 5) is 0. The first-order valence-corrected chi connectivity index (χ1v) is 5.66. The minimum Gasteiger partial charge on any atom is -0.320 e. The van der Waals surface area contributed by atoms with E-state index < -0.39 is 0 Å². The number of aryl methyl sites for hydroxylation is 1. The lowest BCUT2D eigenvalue weighted by molar-refractivity contribution is 0.599. The molecule has 0 saturated carbocycles. The molecule has 2 rings (SSSR count). The van der Waals surface area contributed by atoms with E-state index in [9.17, 15) is 4.39 Å². The Balaban J connectivity index is 2.41. The maximum absolute atomic E-state index is 13.5. The third-order valence-corrected chi connectivity index (χ3v) is 3.09. The molecule has 1 heterocycles. The summed E-state index contributed by atoms with van der Waals surface area (Å²) in [5.74, 6) is -0.237. The molecule has 0 radical (unpaired) electrons. The summed E-state index contributed by atoms with van der Waals surface area (Å²) < 4.78 is 13.5. The maximum Gasteiger partial charge on any atom is 0.128 e. The van der Waals surface area contributed by atoms with Crippen LogP contribution in [0.1, 0.15) is 22.7 Å². The number of nitrogens with two attached hydrogens (primary N) is 1. The van der Waals surface area contributed by atoms with Crippen LogP contribution in [0.25, 0.3) is 0 Å². The van der Waals surface area contributed by atoms with Crippen LogP contribution in [0, 0.1) is 12.7 Å². The second kappa shape index (κ2) is 4.13. The highest BCUT2D eigenvalue weighted by molar-refractivity contribution is 7.08. The lowest BCUT2D eigenvalue weighted by Gasteiger charge is -2.12. The topological polar surface area (TPSA) is 26.0 Å². The predicted molar refractivity (Wildman–Crippen MR) is 61.5 cm³/mol. The molecule has 0 saturated heterocycles. The van der Waals surface area contributed by atoms with Gasteiger partial charge in [-0.1, -0.05) is 17.7 Å². The number of benzene rings is 1. The molecule has 0 spiro atoms. The van der Waals surface area contributed by atoms with Gasteiger partial charge >= 0.3 is 0 Å². The van der Waals surface area contributed by atoms with Crippen LogP contribution in [-0.4, -0.2) is 0 Å². The molecule has 3 heteroatoms. The van der Waals surface area contributed by atoms with Gasteiger partial charge in [0.1, 0.15) is 5.82 Å². The zero-order chi connectivity index (χ0) is 10.8. The standard InChI is InChI=1S/C12H12FNS/c1-8-2-3-11(13)10(6-8)12(14)9-4-5-15-7-9/h2-7,12H,14H2,1H3. The molecule has 1 unspecified atom stereocenters. The molecule has 15 heavy (non-hydrogen) atoms. The molecule has 1 aromatic heterocycles. The van der Waals surface area contributed by atoms with Crippen LogP contribution in [0.3, 0.4) is 0 Å². The maximum atomic E-state index is 13.5. The smallest absolute Gasteiger partial charge is 0.128 e. The second-order valence-electron chi connectivity index (χ2n) is 3.56. The molecular weight excluding hydrogens is 209 g/mol. The molecule has 1 nitrogen and oxygen atoms in total. The molecule has 78 valence electrons. The van der Waals surface area contributed by atoms with Gasteiger partial charge in [0.2, 0.25) is 0 Å². The van der Waals surface area contributed by atoms with Gasteiger partial charge in [0.25, 0.3) is 0 Å². The van der Waals surface area contributed by atoms with E-state index in [0.717, 1.165) is 11.1 Å². The van der Waals surface area contributed by atoms with Gasteiger partial charge < -0.3 is 5.73 Å². The van der Waals surface area contributed by atoms with E-state index in [-0.39, 0.29) is 11.9 Å². The number of hydrogen-bond acceptors (Lipinski definition) is 2. The van der Waals surface area contributed by atoms with E-state index in [2.05, 4.69) is 0 Å². The summed E-state index contributed by atoms with van der Waals surface area (Å²) in [5, 5.41) is 3.90. The summed E-state index contributed by atoms with van der Waals surface area (Å²) in [7, 11) is 0. The summed E-state index contributed by atoms with van der Waals surface area (Å²) >= 11 is 1.57. The van der Waals surface area contributed by atoms with Gasteiger partial charge in [-0.2, -0.15) is 11.3 Å². The molecule has 0 amide bonds. The molecule has 0 aliphatic carbocycles. The number of rotatable bonds is 2. The van der Waals surface area contributed by atoms with Crippen LogP contribution in [0.5, 0.6) is 0 Å². The van der Waals surface area contributed by atoms with Crippen molar-refractivity contribution in [1.82, 2.24) is 0 Å². The normalized spacial score (nSPS) is 12.7. The van der Waals surface area contributed by atoms with Crippen molar-refractivity contribution in [2.45, 2.75) is 13.0 Å². The minimum absolute atomic E-state index is 0.237. The van der Waals surface area contributed by atoms with Gasteiger partial charge in [-0.15, -0.1) is 0 Å². The van der Waals surface area contributed by atoms with Crippen LogP contribution in [0.4, 0.5) is 4.39 Å². The van der Waals surface area contributed by atoms with E-state index in [0.29, 0.717) is 5.56 Å². The fraction of sp³-hybridized carbons (Fsp3) is 0.167. The van der Waals surface area contributed by atoms with Crippen molar-refractivity contribution in [3.8, 4) is 0 Å². The molecule has 0 fully saturated rings. The highest BCUT2D eigenvalue weighted by atomic mass is 32.1. The Morgan fingerprint density at radius 2 is 2.13 bits per heavy atom. The monoisotopic (exact) mass is 221 g/mol. The van der Waals surface area contributed by atoms with Crippen LogP contribution < -0.4 is 5.73 Å². The second-order valence-corrected chi connectivity index (χ2v) is 4.34. The summed E-state index contributed by atoms with van der Waals surface area (Å²) in [6, 6.07) is 6.58. The number of thiophene rings is 1. The Morgan fingerprint density at radius 1 is 1.33 bits per heavy atom. The third-order valence-electron chi connectivity index (χ3n) is 2.39. The average Bonchev–Trinajstić information content (AvgIpc) is 2.74. The zero-order valence-corrected chi connectivity index (χ0v) is 9.22. The molecule has 0 aliphatic heterocycles. The minimum atomic E-state index is -0.365.